The van der Waals surface area contributed by atoms with Gasteiger partial charge in [0.25, 0.3) is 0 Å². The Bertz CT molecular complexity index is 377. The van der Waals surface area contributed by atoms with E-state index in [0.717, 1.165) is 37.6 Å². The Kier molecular flexibility index (Phi) is 3.11. The quantitative estimate of drug-likeness (QED) is 0.749. The number of halogens is 2. The molecule has 0 aromatic heterocycles. The van der Waals surface area contributed by atoms with Crippen molar-refractivity contribution in [3.05, 3.63) is 41.0 Å². The van der Waals surface area contributed by atoms with Crippen LogP contribution in [0.3, 0.4) is 0 Å². The average Bonchev–Trinajstić information content (AvgIpc) is 2.26. The highest BCUT2D eigenvalue weighted by Gasteiger charge is 2.08. The van der Waals surface area contributed by atoms with E-state index in [1.807, 2.05) is 0 Å². The molecule has 1 saturated heterocycles. The summed E-state index contributed by atoms with van der Waals surface area (Å²) in [5.74, 6) is -1.54. The molecule has 3 heteroatoms. The fourth-order valence-corrected chi connectivity index (χ4v) is 1.75. The lowest BCUT2D eigenvalue weighted by Gasteiger charge is -2.15. The number of hydrogen-bond acceptors (Lipinski definition) is 1. The first kappa shape index (κ1) is 10.3. The minimum Gasteiger partial charge on any atom is -0.313 e. The molecule has 0 amide bonds. The van der Waals surface area contributed by atoms with E-state index in [4.69, 9.17) is 0 Å². The number of piperidine rings is 1. The maximum absolute atomic E-state index is 13.3. The maximum Gasteiger partial charge on any atom is 0.166 e. The summed E-state index contributed by atoms with van der Waals surface area (Å²) in [7, 11) is 0. The van der Waals surface area contributed by atoms with E-state index >= 15 is 0 Å². The molecule has 0 bridgehead atoms. The van der Waals surface area contributed by atoms with Gasteiger partial charge in [0.1, 0.15) is 0 Å². The first-order valence-electron chi connectivity index (χ1n) is 5.11. The Morgan fingerprint density at radius 1 is 1.27 bits per heavy atom. The highest BCUT2D eigenvalue weighted by molar-refractivity contribution is 5.54. The van der Waals surface area contributed by atoms with Crippen molar-refractivity contribution in [1.82, 2.24) is 5.32 Å². The van der Waals surface area contributed by atoms with E-state index in [1.54, 1.807) is 12.1 Å². The highest BCUT2D eigenvalue weighted by atomic mass is 19.2. The van der Waals surface area contributed by atoms with Crippen LogP contribution in [-0.4, -0.2) is 13.1 Å². The molecular weight excluding hydrogens is 196 g/mol. The minimum absolute atomic E-state index is 0.341. The van der Waals surface area contributed by atoms with Gasteiger partial charge in [-0.05, 0) is 25.5 Å². The molecule has 0 unspecified atom stereocenters. The van der Waals surface area contributed by atoms with Crippen molar-refractivity contribution >= 4 is 6.08 Å². The van der Waals surface area contributed by atoms with Gasteiger partial charge in [0.2, 0.25) is 0 Å². The van der Waals surface area contributed by atoms with Gasteiger partial charge in [0.15, 0.2) is 11.6 Å². The fraction of sp³-hybridized carbons (Fsp3) is 0.333. The van der Waals surface area contributed by atoms with Crippen LogP contribution in [0.4, 0.5) is 8.78 Å². The lowest BCUT2D eigenvalue weighted by atomic mass is 10.0. The van der Waals surface area contributed by atoms with Gasteiger partial charge in [0, 0.05) is 12.1 Å². The van der Waals surface area contributed by atoms with Gasteiger partial charge in [-0.2, -0.15) is 0 Å². The third-order valence-corrected chi connectivity index (χ3v) is 2.54. The van der Waals surface area contributed by atoms with Crippen LogP contribution in [0, 0.1) is 11.6 Å². The minimum atomic E-state index is -0.784. The lowest BCUT2D eigenvalue weighted by Crippen LogP contribution is -2.23. The second kappa shape index (κ2) is 4.53. The Morgan fingerprint density at radius 3 is 2.87 bits per heavy atom. The molecule has 2 rings (SSSR count). The van der Waals surface area contributed by atoms with E-state index in [0.29, 0.717) is 5.56 Å². The maximum atomic E-state index is 13.3. The van der Waals surface area contributed by atoms with Crippen LogP contribution in [0.2, 0.25) is 0 Å². The first-order chi connectivity index (χ1) is 7.27. The molecule has 0 saturated carbocycles. The molecule has 1 aromatic carbocycles. The van der Waals surface area contributed by atoms with Gasteiger partial charge >= 0.3 is 0 Å². The Labute approximate surface area is 87.8 Å². The first-order valence-corrected chi connectivity index (χ1v) is 5.11. The molecule has 0 aliphatic carbocycles. The van der Waals surface area contributed by atoms with Crippen LogP contribution in [0.1, 0.15) is 18.4 Å². The van der Waals surface area contributed by atoms with Crippen LogP contribution >= 0.6 is 0 Å². The number of hydrogen-bond donors (Lipinski definition) is 1. The fourth-order valence-electron chi connectivity index (χ4n) is 1.75. The summed E-state index contributed by atoms with van der Waals surface area (Å²) < 4.78 is 26.2. The van der Waals surface area contributed by atoms with Crippen LogP contribution in [0.25, 0.3) is 6.08 Å². The molecule has 0 radical (unpaired) electrons. The zero-order chi connectivity index (χ0) is 10.7. The summed E-state index contributed by atoms with van der Waals surface area (Å²) in [5.41, 5.74) is 1.47. The molecular formula is C12H13F2N. The highest BCUT2D eigenvalue weighted by Crippen LogP contribution is 2.18. The van der Waals surface area contributed by atoms with Gasteiger partial charge in [-0.25, -0.2) is 8.78 Å². The van der Waals surface area contributed by atoms with Gasteiger partial charge in [-0.3, -0.25) is 0 Å². The molecule has 80 valence electrons. The van der Waals surface area contributed by atoms with Crippen molar-refractivity contribution in [1.29, 1.82) is 0 Å². The molecule has 1 heterocycles. The van der Waals surface area contributed by atoms with Crippen LogP contribution in [-0.2, 0) is 0 Å². The van der Waals surface area contributed by atoms with Gasteiger partial charge in [0.05, 0.1) is 0 Å². The predicted octanol–water partition coefficient (Wildman–Crippen LogP) is 2.73. The largest absolute Gasteiger partial charge is 0.313 e. The van der Waals surface area contributed by atoms with Crippen molar-refractivity contribution < 1.29 is 8.78 Å². The topological polar surface area (TPSA) is 12.0 Å². The smallest absolute Gasteiger partial charge is 0.166 e. The standard InChI is InChI=1S/C12H13F2N/c13-11-5-1-4-10(12(11)14)7-9-3-2-6-15-8-9/h1,4-5,7,15H,2-3,6,8H2. The van der Waals surface area contributed by atoms with Crippen molar-refractivity contribution in [2.75, 3.05) is 13.1 Å². The van der Waals surface area contributed by atoms with Crippen molar-refractivity contribution in [3.8, 4) is 0 Å². The van der Waals surface area contributed by atoms with E-state index in [9.17, 15) is 8.78 Å². The second-order valence-corrected chi connectivity index (χ2v) is 3.73. The van der Waals surface area contributed by atoms with Crippen LogP contribution < -0.4 is 5.32 Å². The van der Waals surface area contributed by atoms with Gasteiger partial charge in [-0.1, -0.05) is 23.8 Å². The van der Waals surface area contributed by atoms with E-state index < -0.39 is 11.6 Å². The van der Waals surface area contributed by atoms with E-state index in [1.165, 1.54) is 6.07 Å². The molecule has 1 nitrogen and oxygen atoms in total. The summed E-state index contributed by atoms with van der Waals surface area (Å²) in [5, 5.41) is 3.20. The zero-order valence-electron chi connectivity index (χ0n) is 8.39. The summed E-state index contributed by atoms with van der Waals surface area (Å²) >= 11 is 0. The van der Waals surface area contributed by atoms with E-state index in [2.05, 4.69) is 5.32 Å². The second-order valence-electron chi connectivity index (χ2n) is 3.73. The van der Waals surface area contributed by atoms with Gasteiger partial charge < -0.3 is 5.32 Å². The molecule has 0 spiro atoms. The third kappa shape index (κ3) is 2.42. The number of nitrogens with one attached hydrogen (secondary N) is 1. The Hall–Kier alpha value is -1.22. The van der Waals surface area contributed by atoms with Crippen molar-refractivity contribution in [3.63, 3.8) is 0 Å². The van der Waals surface area contributed by atoms with Crippen LogP contribution in [0.5, 0.6) is 0 Å². The third-order valence-electron chi connectivity index (χ3n) is 2.54. The summed E-state index contributed by atoms with van der Waals surface area (Å²) in [6.07, 6.45) is 3.76. The summed E-state index contributed by atoms with van der Waals surface area (Å²) in [6, 6.07) is 4.26. The monoisotopic (exact) mass is 209 g/mol. The summed E-state index contributed by atoms with van der Waals surface area (Å²) in [6.45, 7) is 1.78. The van der Waals surface area contributed by atoms with Gasteiger partial charge in [-0.15, -0.1) is 0 Å². The average molecular weight is 209 g/mol. The van der Waals surface area contributed by atoms with Crippen molar-refractivity contribution in [2.45, 2.75) is 12.8 Å². The van der Waals surface area contributed by atoms with E-state index in [-0.39, 0.29) is 0 Å². The molecule has 1 N–H and O–H groups in total. The molecule has 1 aliphatic rings. The molecule has 1 fully saturated rings. The van der Waals surface area contributed by atoms with Crippen LogP contribution in [0.15, 0.2) is 23.8 Å². The molecule has 15 heavy (non-hydrogen) atoms. The molecule has 1 aliphatic heterocycles. The van der Waals surface area contributed by atoms with Crippen molar-refractivity contribution in [2.24, 2.45) is 0 Å². The number of benzene rings is 1. The Morgan fingerprint density at radius 2 is 2.13 bits per heavy atom. The Balaban J connectivity index is 2.25. The molecule has 1 aromatic rings. The summed E-state index contributed by atoms with van der Waals surface area (Å²) in [4.78, 5) is 0. The molecule has 0 atom stereocenters. The predicted molar refractivity (Wildman–Crippen MR) is 56.4 cm³/mol. The number of rotatable bonds is 1. The SMILES string of the molecule is Fc1cccc(C=C2CCCNC2)c1F. The normalized spacial score (nSPS) is 19.5. The lowest BCUT2D eigenvalue weighted by molar-refractivity contribution is 0.506. The zero-order valence-corrected chi connectivity index (χ0v) is 8.39.